The lowest BCUT2D eigenvalue weighted by atomic mass is 10.0. The molecule has 1 aliphatic carbocycles. The van der Waals surface area contributed by atoms with E-state index in [1.54, 1.807) is 12.1 Å². The van der Waals surface area contributed by atoms with Crippen LogP contribution >= 0.6 is 0 Å². The smallest absolute Gasteiger partial charge is 0.227 e. The van der Waals surface area contributed by atoms with Gasteiger partial charge >= 0.3 is 0 Å². The molecule has 1 atom stereocenters. The Labute approximate surface area is 129 Å². The lowest BCUT2D eigenvalue weighted by molar-refractivity contribution is -0.131. The number of hydrogen-bond donors (Lipinski definition) is 1. The van der Waals surface area contributed by atoms with Crippen molar-refractivity contribution in [1.82, 2.24) is 4.90 Å². The Morgan fingerprint density at radius 1 is 1.14 bits per heavy atom. The summed E-state index contributed by atoms with van der Waals surface area (Å²) in [5.74, 6) is -0.546. The highest BCUT2D eigenvalue weighted by Gasteiger charge is 2.31. The number of likely N-dealkylation sites (tertiary alicyclic amines) is 1. The van der Waals surface area contributed by atoms with Crippen LogP contribution in [0, 0.1) is 0 Å². The Balaban J connectivity index is 1.66. The molecule has 1 heterocycles. The SMILES string of the molecule is C[C@@H](CCc1ccc(O)cc1)N1CCC2=CC(=O)C(=O)C=C21. The number of hydrogen-bond acceptors (Lipinski definition) is 4. The van der Waals surface area contributed by atoms with Gasteiger partial charge in [0, 0.05) is 24.4 Å². The molecule has 1 fully saturated rings. The molecule has 3 rings (SSSR count). The van der Waals surface area contributed by atoms with Crippen molar-refractivity contribution < 1.29 is 14.7 Å². The summed E-state index contributed by atoms with van der Waals surface area (Å²) in [5, 5.41) is 9.30. The van der Waals surface area contributed by atoms with Crippen LogP contribution in [0.3, 0.4) is 0 Å². The van der Waals surface area contributed by atoms with Crippen LogP contribution < -0.4 is 0 Å². The van der Waals surface area contributed by atoms with Crippen LogP contribution in [0.2, 0.25) is 0 Å². The minimum atomic E-state index is -0.420. The summed E-state index contributed by atoms with van der Waals surface area (Å²) in [6.45, 7) is 3.00. The van der Waals surface area contributed by atoms with E-state index in [0.29, 0.717) is 6.04 Å². The van der Waals surface area contributed by atoms with Gasteiger partial charge in [0.15, 0.2) is 0 Å². The molecule has 1 saturated heterocycles. The van der Waals surface area contributed by atoms with E-state index in [1.165, 1.54) is 17.7 Å². The van der Waals surface area contributed by atoms with Gasteiger partial charge in [-0.3, -0.25) is 9.59 Å². The van der Waals surface area contributed by atoms with Crippen LogP contribution in [0.25, 0.3) is 0 Å². The number of ketones is 2. The fraction of sp³-hybridized carbons (Fsp3) is 0.333. The van der Waals surface area contributed by atoms with Crippen LogP contribution in [-0.4, -0.2) is 34.2 Å². The monoisotopic (exact) mass is 297 g/mol. The molecule has 22 heavy (non-hydrogen) atoms. The minimum absolute atomic E-state index is 0.279. The van der Waals surface area contributed by atoms with Crippen LogP contribution in [0.5, 0.6) is 5.75 Å². The van der Waals surface area contributed by atoms with E-state index >= 15 is 0 Å². The molecule has 1 aliphatic heterocycles. The molecular weight excluding hydrogens is 278 g/mol. The van der Waals surface area contributed by atoms with Gasteiger partial charge in [0.05, 0.1) is 0 Å². The highest BCUT2D eigenvalue weighted by molar-refractivity contribution is 6.46. The lowest BCUT2D eigenvalue weighted by Crippen LogP contribution is -2.31. The molecule has 0 amide bonds. The van der Waals surface area contributed by atoms with Crippen molar-refractivity contribution in [1.29, 1.82) is 0 Å². The molecule has 0 aromatic heterocycles. The zero-order chi connectivity index (χ0) is 15.7. The van der Waals surface area contributed by atoms with E-state index in [1.807, 2.05) is 12.1 Å². The quantitative estimate of drug-likeness (QED) is 0.685. The Morgan fingerprint density at radius 3 is 2.55 bits per heavy atom. The normalized spacial score (nSPS) is 18.9. The Kier molecular flexibility index (Phi) is 3.84. The molecule has 0 unspecified atom stereocenters. The largest absolute Gasteiger partial charge is 0.508 e. The molecule has 4 nitrogen and oxygen atoms in total. The number of fused-ring (bicyclic) bond motifs is 1. The number of benzene rings is 1. The average molecular weight is 297 g/mol. The van der Waals surface area contributed by atoms with Crippen molar-refractivity contribution in [2.45, 2.75) is 32.2 Å². The highest BCUT2D eigenvalue weighted by atomic mass is 16.3. The Morgan fingerprint density at radius 2 is 1.82 bits per heavy atom. The number of phenolic OH excluding ortho intramolecular Hbond substituents is 1. The van der Waals surface area contributed by atoms with E-state index in [0.717, 1.165) is 37.1 Å². The van der Waals surface area contributed by atoms with E-state index in [9.17, 15) is 14.7 Å². The Hall–Kier alpha value is -2.36. The maximum Gasteiger partial charge on any atom is 0.227 e. The van der Waals surface area contributed by atoms with Crippen molar-refractivity contribution in [3.8, 4) is 5.75 Å². The maximum absolute atomic E-state index is 11.6. The van der Waals surface area contributed by atoms with E-state index in [4.69, 9.17) is 0 Å². The van der Waals surface area contributed by atoms with Gasteiger partial charge in [-0.1, -0.05) is 12.1 Å². The fourth-order valence-electron chi connectivity index (χ4n) is 3.07. The van der Waals surface area contributed by atoms with Crippen molar-refractivity contribution >= 4 is 11.6 Å². The van der Waals surface area contributed by atoms with Gasteiger partial charge in [-0.25, -0.2) is 0 Å². The molecule has 1 aromatic rings. The summed E-state index contributed by atoms with van der Waals surface area (Å²) < 4.78 is 0. The first-order chi connectivity index (χ1) is 10.5. The number of aromatic hydroxyl groups is 1. The highest BCUT2D eigenvalue weighted by Crippen LogP contribution is 2.32. The number of rotatable bonds is 4. The van der Waals surface area contributed by atoms with Gasteiger partial charge in [0.1, 0.15) is 5.75 Å². The number of carbonyl (C=O) groups excluding carboxylic acids is 2. The molecule has 2 aliphatic rings. The predicted molar refractivity (Wildman–Crippen MR) is 83.4 cm³/mol. The molecule has 0 radical (unpaired) electrons. The lowest BCUT2D eigenvalue weighted by Gasteiger charge is -2.28. The van der Waals surface area contributed by atoms with Crippen molar-refractivity contribution in [3.63, 3.8) is 0 Å². The van der Waals surface area contributed by atoms with Gasteiger partial charge in [-0.05, 0) is 55.5 Å². The number of carbonyl (C=O) groups is 2. The van der Waals surface area contributed by atoms with Crippen molar-refractivity contribution in [3.05, 3.63) is 53.3 Å². The van der Waals surface area contributed by atoms with Gasteiger partial charge < -0.3 is 10.0 Å². The van der Waals surface area contributed by atoms with E-state index in [-0.39, 0.29) is 5.75 Å². The van der Waals surface area contributed by atoms with Crippen LogP contribution in [0.15, 0.2) is 47.7 Å². The first kappa shape index (κ1) is 14.6. The zero-order valence-electron chi connectivity index (χ0n) is 12.6. The second-order valence-electron chi connectivity index (χ2n) is 5.93. The summed E-state index contributed by atoms with van der Waals surface area (Å²) in [7, 11) is 0. The number of phenols is 1. The third-order valence-corrected chi connectivity index (χ3v) is 4.40. The zero-order valence-corrected chi connectivity index (χ0v) is 12.6. The summed E-state index contributed by atoms with van der Waals surface area (Å²) in [6, 6.07) is 7.56. The van der Waals surface area contributed by atoms with Crippen LogP contribution in [0.4, 0.5) is 0 Å². The Bertz CT molecular complexity index is 670. The summed E-state index contributed by atoms with van der Waals surface area (Å²) in [5.41, 5.74) is 3.09. The second-order valence-corrected chi connectivity index (χ2v) is 5.93. The first-order valence-electron chi connectivity index (χ1n) is 7.60. The van der Waals surface area contributed by atoms with Gasteiger partial charge in [0.25, 0.3) is 0 Å². The molecule has 4 heteroatoms. The maximum atomic E-state index is 11.6. The van der Waals surface area contributed by atoms with Gasteiger partial charge in [0.2, 0.25) is 11.6 Å². The predicted octanol–water partition coefficient (Wildman–Crippen LogP) is 2.38. The third kappa shape index (κ3) is 2.82. The number of nitrogens with zero attached hydrogens (tertiary/aromatic N) is 1. The summed E-state index contributed by atoms with van der Waals surface area (Å²) >= 11 is 0. The topological polar surface area (TPSA) is 57.6 Å². The van der Waals surface area contributed by atoms with Crippen LogP contribution in [0.1, 0.15) is 25.3 Å². The van der Waals surface area contributed by atoms with Crippen molar-refractivity contribution in [2.24, 2.45) is 0 Å². The van der Waals surface area contributed by atoms with Gasteiger partial charge in [-0.2, -0.15) is 0 Å². The third-order valence-electron chi connectivity index (χ3n) is 4.40. The molecule has 1 aromatic carbocycles. The van der Waals surface area contributed by atoms with Crippen molar-refractivity contribution in [2.75, 3.05) is 6.54 Å². The molecule has 114 valence electrons. The first-order valence-corrected chi connectivity index (χ1v) is 7.60. The van der Waals surface area contributed by atoms with E-state index in [2.05, 4.69) is 11.8 Å². The average Bonchev–Trinajstić information content (AvgIpc) is 2.90. The summed E-state index contributed by atoms with van der Waals surface area (Å²) in [4.78, 5) is 25.3. The van der Waals surface area contributed by atoms with E-state index < -0.39 is 11.6 Å². The van der Waals surface area contributed by atoms with Crippen LogP contribution in [-0.2, 0) is 16.0 Å². The molecule has 0 saturated carbocycles. The van der Waals surface area contributed by atoms with Gasteiger partial charge in [-0.15, -0.1) is 0 Å². The molecule has 1 N–H and O–H groups in total. The number of aryl methyl sites for hydroxylation is 1. The number of allylic oxidation sites excluding steroid dienone is 3. The minimum Gasteiger partial charge on any atom is -0.508 e. The fourth-order valence-corrected chi connectivity index (χ4v) is 3.07. The molecule has 0 bridgehead atoms. The molecule has 0 spiro atoms. The summed E-state index contributed by atoms with van der Waals surface area (Å²) in [6.07, 6.45) is 5.68. The second kappa shape index (κ2) is 5.79. The molecular formula is C18H19NO3. The standard InChI is InChI=1S/C18H19NO3/c1-12(2-3-13-4-6-15(20)7-5-13)19-9-8-14-10-17(21)18(22)11-16(14)19/h4-7,10-12,20H,2-3,8-9H2,1H3/t12-/m0/s1.